The van der Waals surface area contributed by atoms with Gasteiger partial charge in [-0.1, -0.05) is 36.4 Å². The molecule has 0 fully saturated rings. The third-order valence-corrected chi connectivity index (χ3v) is 6.00. The fraction of sp³-hybridized carbons (Fsp3) is 0.231. The Balaban J connectivity index is 1.58. The summed E-state index contributed by atoms with van der Waals surface area (Å²) in [6.45, 7) is 1.80. The molecule has 8 nitrogen and oxygen atoms in total. The summed E-state index contributed by atoms with van der Waals surface area (Å²) in [5, 5.41) is 4.15. The van der Waals surface area contributed by atoms with Gasteiger partial charge in [0.25, 0.3) is 0 Å². The molecular formula is C26H25N5O3. The molecule has 0 radical (unpaired) electrons. The first-order chi connectivity index (χ1) is 16.6. The van der Waals surface area contributed by atoms with Crippen LogP contribution < -0.4 is 10.1 Å². The monoisotopic (exact) mass is 455 g/mol. The number of methoxy groups -OCH3 is 2. The topological polar surface area (TPSA) is 89.5 Å². The van der Waals surface area contributed by atoms with E-state index in [1.165, 1.54) is 7.11 Å². The minimum Gasteiger partial charge on any atom is -0.480 e. The lowest BCUT2D eigenvalue weighted by atomic mass is 9.97. The number of nitrogens with one attached hydrogen (secondary N) is 1. The van der Waals surface area contributed by atoms with Gasteiger partial charge >= 0.3 is 5.97 Å². The number of para-hydroxylation sites is 1. The van der Waals surface area contributed by atoms with Gasteiger partial charge in [-0.15, -0.1) is 0 Å². The van der Waals surface area contributed by atoms with E-state index in [4.69, 9.17) is 19.4 Å². The van der Waals surface area contributed by atoms with Crippen molar-refractivity contribution in [2.45, 2.75) is 13.0 Å². The summed E-state index contributed by atoms with van der Waals surface area (Å²) in [6.07, 6.45) is 2.65. The quantitative estimate of drug-likeness (QED) is 0.448. The number of aromatic nitrogens is 3. The molecule has 34 heavy (non-hydrogen) atoms. The third kappa shape index (κ3) is 4.04. The molecule has 8 heteroatoms. The fourth-order valence-corrected chi connectivity index (χ4v) is 4.30. The van der Waals surface area contributed by atoms with E-state index in [1.807, 2.05) is 36.4 Å². The molecule has 1 aliphatic rings. The Kier molecular flexibility index (Phi) is 5.81. The SMILES string of the molecule is COC(=O)c1ccccc1-c1cccc2cnc(Nc3cc4c(nc3OC)CCN(C)C4)nc12. The molecule has 1 aliphatic heterocycles. The van der Waals surface area contributed by atoms with Gasteiger partial charge in [0, 0.05) is 36.7 Å². The maximum absolute atomic E-state index is 12.4. The molecule has 2 aromatic carbocycles. The van der Waals surface area contributed by atoms with E-state index in [1.54, 1.807) is 19.4 Å². The molecule has 0 amide bonds. The molecule has 0 bridgehead atoms. The van der Waals surface area contributed by atoms with Crippen LogP contribution in [0, 0.1) is 0 Å². The van der Waals surface area contributed by atoms with Crippen LogP contribution >= 0.6 is 0 Å². The number of carbonyl (C=O) groups is 1. The maximum Gasteiger partial charge on any atom is 0.338 e. The molecular weight excluding hydrogens is 430 g/mol. The Morgan fingerprint density at radius 2 is 1.88 bits per heavy atom. The van der Waals surface area contributed by atoms with Gasteiger partial charge in [-0.05, 0) is 30.3 Å². The zero-order chi connectivity index (χ0) is 23.7. The zero-order valence-electron chi connectivity index (χ0n) is 19.3. The van der Waals surface area contributed by atoms with Gasteiger partial charge in [-0.2, -0.15) is 0 Å². The van der Waals surface area contributed by atoms with Crippen LogP contribution in [0.1, 0.15) is 21.6 Å². The minimum atomic E-state index is -0.394. The molecule has 0 atom stereocenters. The van der Waals surface area contributed by atoms with E-state index in [2.05, 4.69) is 28.3 Å². The first-order valence-electron chi connectivity index (χ1n) is 11.0. The van der Waals surface area contributed by atoms with Crippen molar-refractivity contribution in [3.63, 3.8) is 0 Å². The number of esters is 1. The number of hydrogen-bond donors (Lipinski definition) is 1. The van der Waals surface area contributed by atoms with Crippen LogP contribution in [0.15, 0.2) is 54.7 Å². The number of nitrogens with zero attached hydrogens (tertiary/aromatic N) is 4. The Bertz CT molecular complexity index is 1390. The summed E-state index contributed by atoms with van der Waals surface area (Å²) in [5.41, 5.74) is 5.70. The Labute approximate surface area is 197 Å². The molecule has 0 unspecified atom stereocenters. The highest BCUT2D eigenvalue weighted by Gasteiger charge is 2.20. The van der Waals surface area contributed by atoms with Crippen molar-refractivity contribution in [1.29, 1.82) is 0 Å². The van der Waals surface area contributed by atoms with E-state index in [0.29, 0.717) is 23.1 Å². The molecule has 4 aromatic rings. The van der Waals surface area contributed by atoms with Crippen molar-refractivity contribution in [1.82, 2.24) is 19.9 Å². The normalized spacial score (nSPS) is 13.4. The average Bonchev–Trinajstić information content (AvgIpc) is 2.87. The summed E-state index contributed by atoms with van der Waals surface area (Å²) < 4.78 is 10.5. The average molecular weight is 456 g/mol. The predicted molar refractivity (Wildman–Crippen MR) is 130 cm³/mol. The number of pyridine rings is 1. The number of rotatable bonds is 5. The third-order valence-electron chi connectivity index (χ3n) is 6.00. The number of ether oxygens (including phenoxy) is 2. The second kappa shape index (κ2) is 9.07. The molecule has 5 rings (SSSR count). The van der Waals surface area contributed by atoms with Crippen LogP contribution in [0.25, 0.3) is 22.0 Å². The van der Waals surface area contributed by atoms with Crippen LogP contribution in [0.4, 0.5) is 11.6 Å². The standard InChI is InChI=1S/C26H25N5O3/c1-31-12-11-21-17(15-31)13-22(24(28-21)33-2)29-26-27-14-16-7-6-10-19(23(16)30-26)18-8-4-5-9-20(18)25(32)34-3/h4-10,13-14H,11-12,15H2,1-3H3,(H,27,29,30). The highest BCUT2D eigenvalue weighted by Crippen LogP contribution is 2.33. The number of fused-ring (bicyclic) bond motifs is 2. The van der Waals surface area contributed by atoms with Crippen LogP contribution in [-0.2, 0) is 17.7 Å². The number of anilines is 2. The highest BCUT2D eigenvalue weighted by atomic mass is 16.5. The van der Waals surface area contributed by atoms with Gasteiger partial charge < -0.3 is 19.7 Å². The van der Waals surface area contributed by atoms with E-state index in [9.17, 15) is 4.79 Å². The second-order valence-corrected chi connectivity index (χ2v) is 8.24. The Hall–Kier alpha value is -4.04. The van der Waals surface area contributed by atoms with Crippen LogP contribution in [-0.4, -0.2) is 53.6 Å². The minimum absolute atomic E-state index is 0.394. The van der Waals surface area contributed by atoms with Gasteiger partial charge in [0.2, 0.25) is 11.8 Å². The first-order valence-corrected chi connectivity index (χ1v) is 11.0. The lowest BCUT2D eigenvalue weighted by Crippen LogP contribution is -2.27. The summed E-state index contributed by atoms with van der Waals surface area (Å²) >= 11 is 0. The number of likely N-dealkylation sites (N-methyl/N-ethyl adjacent to an activating group) is 1. The van der Waals surface area contributed by atoms with E-state index >= 15 is 0 Å². The summed E-state index contributed by atoms with van der Waals surface area (Å²) in [5.74, 6) is 0.533. The van der Waals surface area contributed by atoms with Crippen molar-refractivity contribution in [3.8, 4) is 17.0 Å². The lowest BCUT2D eigenvalue weighted by Gasteiger charge is -2.25. The number of benzene rings is 2. The molecule has 0 spiro atoms. The smallest absolute Gasteiger partial charge is 0.338 e. The summed E-state index contributed by atoms with van der Waals surface area (Å²) in [6, 6.07) is 15.2. The number of hydrogen-bond acceptors (Lipinski definition) is 8. The maximum atomic E-state index is 12.4. The molecule has 0 saturated heterocycles. The Morgan fingerprint density at radius 3 is 2.71 bits per heavy atom. The summed E-state index contributed by atoms with van der Waals surface area (Å²) in [7, 11) is 5.09. The van der Waals surface area contributed by atoms with Gasteiger partial charge in [0.05, 0.1) is 31.0 Å². The summed E-state index contributed by atoms with van der Waals surface area (Å²) in [4.78, 5) is 28.7. The predicted octanol–water partition coefficient (Wildman–Crippen LogP) is 4.22. The molecule has 1 N–H and O–H groups in total. The van der Waals surface area contributed by atoms with Crippen molar-refractivity contribution >= 4 is 28.5 Å². The molecule has 0 aliphatic carbocycles. The number of carbonyl (C=O) groups excluding carboxylic acids is 1. The van der Waals surface area contributed by atoms with Crippen molar-refractivity contribution in [2.75, 3.05) is 33.1 Å². The molecule has 2 aromatic heterocycles. The molecule has 0 saturated carbocycles. The van der Waals surface area contributed by atoms with Gasteiger partial charge in [0.1, 0.15) is 5.69 Å². The fourth-order valence-electron chi connectivity index (χ4n) is 4.30. The Morgan fingerprint density at radius 1 is 1.06 bits per heavy atom. The van der Waals surface area contributed by atoms with E-state index in [0.717, 1.165) is 52.8 Å². The largest absolute Gasteiger partial charge is 0.480 e. The molecule has 3 heterocycles. The van der Waals surface area contributed by atoms with E-state index in [-0.39, 0.29) is 0 Å². The zero-order valence-corrected chi connectivity index (χ0v) is 19.3. The second-order valence-electron chi connectivity index (χ2n) is 8.24. The van der Waals surface area contributed by atoms with Crippen LogP contribution in [0.2, 0.25) is 0 Å². The van der Waals surface area contributed by atoms with E-state index < -0.39 is 5.97 Å². The van der Waals surface area contributed by atoms with Crippen LogP contribution in [0.5, 0.6) is 5.88 Å². The van der Waals surface area contributed by atoms with Gasteiger partial charge in [-0.25, -0.2) is 19.7 Å². The van der Waals surface area contributed by atoms with Crippen molar-refractivity contribution in [2.24, 2.45) is 0 Å². The van der Waals surface area contributed by atoms with Gasteiger partial charge in [-0.3, -0.25) is 0 Å². The van der Waals surface area contributed by atoms with Crippen LogP contribution in [0.3, 0.4) is 0 Å². The highest BCUT2D eigenvalue weighted by molar-refractivity contribution is 6.02. The first kappa shape index (κ1) is 21.8. The van der Waals surface area contributed by atoms with Crippen molar-refractivity contribution < 1.29 is 14.3 Å². The van der Waals surface area contributed by atoms with Crippen molar-refractivity contribution in [3.05, 3.63) is 71.5 Å². The molecule has 172 valence electrons. The van der Waals surface area contributed by atoms with Gasteiger partial charge in [0.15, 0.2) is 0 Å². The lowest BCUT2D eigenvalue weighted by molar-refractivity contribution is 0.0601.